The highest BCUT2D eigenvalue weighted by atomic mass is 79.9. The van der Waals surface area contributed by atoms with Gasteiger partial charge >= 0.3 is 0 Å². The molecule has 2 N–H and O–H groups in total. The zero-order chi connectivity index (χ0) is 10.1. The maximum atomic E-state index is 6.04. The summed E-state index contributed by atoms with van der Waals surface area (Å²) >= 11 is 4.96. The fourth-order valence-corrected chi connectivity index (χ4v) is 2.35. The van der Waals surface area contributed by atoms with E-state index in [1.54, 1.807) is 11.3 Å². The predicted octanol–water partition coefficient (Wildman–Crippen LogP) is 3.46. The Morgan fingerprint density at radius 2 is 2.29 bits per heavy atom. The van der Waals surface area contributed by atoms with Crippen LogP contribution in [0.4, 0.5) is 0 Å². The molecule has 2 nitrogen and oxygen atoms in total. The molecule has 0 aliphatic heterocycles. The highest BCUT2D eigenvalue weighted by Crippen LogP contribution is 2.26. The molecule has 0 radical (unpaired) electrons. The maximum absolute atomic E-state index is 6.04. The van der Waals surface area contributed by atoms with Gasteiger partial charge < -0.3 is 10.2 Å². The van der Waals surface area contributed by atoms with Gasteiger partial charge in [0, 0.05) is 4.88 Å². The lowest BCUT2D eigenvalue weighted by Gasteiger charge is -2.05. The molecule has 2 aromatic heterocycles. The van der Waals surface area contributed by atoms with E-state index in [1.807, 2.05) is 12.1 Å². The van der Waals surface area contributed by atoms with Crippen molar-refractivity contribution in [2.45, 2.75) is 13.0 Å². The number of hydrogen-bond acceptors (Lipinski definition) is 3. The molecule has 2 aromatic rings. The van der Waals surface area contributed by atoms with E-state index in [1.165, 1.54) is 4.88 Å². The van der Waals surface area contributed by atoms with E-state index in [0.717, 1.165) is 16.0 Å². The van der Waals surface area contributed by atoms with Crippen molar-refractivity contribution in [1.29, 1.82) is 0 Å². The van der Waals surface area contributed by atoms with Crippen LogP contribution >= 0.6 is 27.3 Å². The van der Waals surface area contributed by atoms with Crippen molar-refractivity contribution in [3.8, 4) is 0 Å². The van der Waals surface area contributed by atoms with E-state index in [-0.39, 0.29) is 6.04 Å². The normalized spacial score (nSPS) is 13.1. The first-order valence-electron chi connectivity index (χ1n) is 4.22. The van der Waals surface area contributed by atoms with E-state index < -0.39 is 0 Å². The third-order valence-electron chi connectivity index (χ3n) is 2.01. The summed E-state index contributed by atoms with van der Waals surface area (Å²) in [4.78, 5) is 1.26. The summed E-state index contributed by atoms with van der Waals surface area (Å²) in [5.74, 6) is 0.787. The minimum atomic E-state index is -0.161. The largest absolute Gasteiger partial charge is 0.452 e. The molecule has 0 aromatic carbocycles. The zero-order valence-electron chi connectivity index (χ0n) is 7.66. The minimum absolute atomic E-state index is 0.161. The molecule has 4 heteroatoms. The summed E-state index contributed by atoms with van der Waals surface area (Å²) < 4.78 is 6.12. The van der Waals surface area contributed by atoms with Crippen LogP contribution in [-0.4, -0.2) is 0 Å². The molecule has 1 unspecified atom stereocenters. The Morgan fingerprint density at radius 3 is 2.79 bits per heavy atom. The smallest absolute Gasteiger partial charge is 0.169 e. The van der Waals surface area contributed by atoms with Gasteiger partial charge in [-0.15, -0.1) is 11.3 Å². The van der Waals surface area contributed by atoms with Crippen molar-refractivity contribution in [2.24, 2.45) is 5.73 Å². The summed E-state index contributed by atoms with van der Waals surface area (Å²) in [5, 5.41) is 2.07. The van der Waals surface area contributed by atoms with Gasteiger partial charge in [0.25, 0.3) is 0 Å². The number of furan rings is 1. The summed E-state index contributed by atoms with van der Waals surface area (Å²) in [6.07, 6.45) is 0. The molecule has 0 aliphatic carbocycles. The Morgan fingerprint density at radius 1 is 1.50 bits per heavy atom. The monoisotopic (exact) mass is 271 g/mol. The highest BCUT2D eigenvalue weighted by molar-refractivity contribution is 9.10. The average molecular weight is 272 g/mol. The second kappa shape index (κ2) is 3.88. The molecule has 0 saturated heterocycles. The van der Waals surface area contributed by atoms with E-state index >= 15 is 0 Å². The lowest BCUT2D eigenvalue weighted by Crippen LogP contribution is -2.09. The summed E-state index contributed by atoms with van der Waals surface area (Å²) in [6, 6.07) is 5.67. The van der Waals surface area contributed by atoms with Crippen molar-refractivity contribution >= 4 is 27.3 Å². The quantitative estimate of drug-likeness (QED) is 0.909. The van der Waals surface area contributed by atoms with Crippen molar-refractivity contribution < 1.29 is 4.42 Å². The van der Waals surface area contributed by atoms with E-state index in [4.69, 9.17) is 10.2 Å². The average Bonchev–Trinajstić information content (AvgIpc) is 2.73. The van der Waals surface area contributed by atoms with Crippen molar-refractivity contribution in [3.05, 3.63) is 44.4 Å². The molecule has 2 rings (SSSR count). The van der Waals surface area contributed by atoms with Gasteiger partial charge in [0.1, 0.15) is 5.76 Å². The Bertz CT molecular complexity index is 395. The Hall–Kier alpha value is -0.580. The minimum Gasteiger partial charge on any atom is -0.452 e. The summed E-state index contributed by atoms with van der Waals surface area (Å²) in [5.41, 5.74) is 7.14. The SMILES string of the molecule is Cc1cc(C(N)c2ccc(Br)o2)cs1. The Kier molecular flexibility index (Phi) is 2.76. The maximum Gasteiger partial charge on any atom is 0.169 e. The van der Waals surface area contributed by atoms with Crippen LogP contribution in [0.2, 0.25) is 0 Å². The number of hydrogen-bond donors (Lipinski definition) is 1. The Balaban J connectivity index is 2.28. The van der Waals surface area contributed by atoms with Gasteiger partial charge in [0.15, 0.2) is 4.67 Å². The standard InChI is InChI=1S/C10H10BrNOS/c1-6-4-7(5-14-6)10(12)8-2-3-9(11)13-8/h2-5,10H,12H2,1H3. The molecule has 0 amide bonds. The third-order valence-corrected chi connectivity index (χ3v) is 3.32. The second-order valence-corrected chi connectivity index (χ2v) is 5.01. The number of aryl methyl sites for hydroxylation is 1. The zero-order valence-corrected chi connectivity index (χ0v) is 10.1. The van der Waals surface area contributed by atoms with Gasteiger partial charge in [0.2, 0.25) is 0 Å². The highest BCUT2D eigenvalue weighted by Gasteiger charge is 2.13. The van der Waals surface area contributed by atoms with Crippen LogP contribution in [0.5, 0.6) is 0 Å². The van der Waals surface area contributed by atoms with Crippen molar-refractivity contribution in [2.75, 3.05) is 0 Å². The summed E-state index contributed by atoms with van der Waals surface area (Å²) in [7, 11) is 0. The van der Waals surface area contributed by atoms with Crippen LogP contribution in [0.1, 0.15) is 22.2 Å². The molecular formula is C10H10BrNOS. The molecular weight excluding hydrogens is 262 g/mol. The number of rotatable bonds is 2. The van der Waals surface area contributed by atoms with E-state index in [0.29, 0.717) is 0 Å². The van der Waals surface area contributed by atoms with Crippen LogP contribution < -0.4 is 5.73 Å². The van der Waals surface area contributed by atoms with Crippen molar-refractivity contribution in [1.82, 2.24) is 0 Å². The Labute approximate surface area is 94.9 Å². The predicted molar refractivity (Wildman–Crippen MR) is 61.5 cm³/mol. The molecule has 74 valence electrons. The fourth-order valence-electron chi connectivity index (χ4n) is 1.29. The topological polar surface area (TPSA) is 39.2 Å². The van der Waals surface area contributed by atoms with E-state index in [9.17, 15) is 0 Å². The number of nitrogens with two attached hydrogens (primary N) is 1. The van der Waals surface area contributed by atoms with Gasteiger partial charge in [-0.05, 0) is 52.0 Å². The second-order valence-electron chi connectivity index (χ2n) is 3.11. The van der Waals surface area contributed by atoms with Gasteiger partial charge in [-0.2, -0.15) is 0 Å². The lowest BCUT2D eigenvalue weighted by atomic mass is 10.1. The van der Waals surface area contributed by atoms with Gasteiger partial charge in [-0.1, -0.05) is 0 Å². The molecule has 14 heavy (non-hydrogen) atoms. The molecule has 0 saturated carbocycles. The lowest BCUT2D eigenvalue weighted by molar-refractivity contribution is 0.470. The molecule has 0 fully saturated rings. The van der Waals surface area contributed by atoms with Gasteiger partial charge in [-0.3, -0.25) is 0 Å². The molecule has 2 heterocycles. The van der Waals surface area contributed by atoms with Crippen LogP contribution in [0, 0.1) is 6.92 Å². The first-order valence-corrected chi connectivity index (χ1v) is 5.90. The number of thiophene rings is 1. The third kappa shape index (κ3) is 1.92. The van der Waals surface area contributed by atoms with Crippen LogP contribution in [-0.2, 0) is 0 Å². The fraction of sp³-hybridized carbons (Fsp3) is 0.200. The van der Waals surface area contributed by atoms with Crippen LogP contribution in [0.15, 0.2) is 32.7 Å². The first kappa shape index (κ1) is 9.96. The molecule has 0 aliphatic rings. The van der Waals surface area contributed by atoms with Gasteiger partial charge in [0.05, 0.1) is 6.04 Å². The first-order chi connectivity index (χ1) is 6.66. The van der Waals surface area contributed by atoms with Crippen molar-refractivity contribution in [3.63, 3.8) is 0 Å². The number of halogens is 1. The van der Waals surface area contributed by atoms with Gasteiger partial charge in [-0.25, -0.2) is 0 Å². The van der Waals surface area contributed by atoms with Crippen LogP contribution in [0.3, 0.4) is 0 Å². The molecule has 1 atom stereocenters. The van der Waals surface area contributed by atoms with Crippen LogP contribution in [0.25, 0.3) is 0 Å². The summed E-state index contributed by atoms with van der Waals surface area (Å²) in [6.45, 7) is 2.07. The molecule has 0 bridgehead atoms. The molecule has 0 spiro atoms. The van der Waals surface area contributed by atoms with E-state index in [2.05, 4.69) is 34.3 Å².